The molecule has 0 spiro atoms. The number of ether oxygens (including phenoxy) is 1. The van der Waals surface area contributed by atoms with Crippen LogP contribution in [0.15, 0.2) is 59.5 Å². The molecule has 0 saturated carbocycles. The van der Waals surface area contributed by atoms with Gasteiger partial charge < -0.3 is 4.74 Å². The molecule has 2 aromatic carbocycles. The van der Waals surface area contributed by atoms with Crippen molar-refractivity contribution in [2.75, 3.05) is 6.61 Å². The van der Waals surface area contributed by atoms with Crippen LogP contribution in [0.25, 0.3) is 0 Å². The molecule has 23 heavy (non-hydrogen) atoms. The van der Waals surface area contributed by atoms with E-state index in [1.54, 1.807) is 24.3 Å². The quantitative estimate of drug-likeness (QED) is 0.745. The van der Waals surface area contributed by atoms with Gasteiger partial charge in [-0.25, -0.2) is 13.1 Å². The average molecular weight is 333 g/mol. The predicted octanol–water partition coefficient (Wildman–Crippen LogP) is 3.91. The lowest BCUT2D eigenvalue weighted by Crippen LogP contribution is -2.26. The summed E-state index contributed by atoms with van der Waals surface area (Å²) < 4.78 is 33.1. The zero-order valence-electron chi connectivity index (χ0n) is 13.5. The summed E-state index contributed by atoms with van der Waals surface area (Å²) in [6.45, 7) is 4.57. The Morgan fingerprint density at radius 3 is 2.30 bits per heavy atom. The molecule has 2 rings (SSSR count). The molecule has 1 atom stereocenters. The van der Waals surface area contributed by atoms with Crippen LogP contribution < -0.4 is 9.46 Å². The van der Waals surface area contributed by atoms with Crippen LogP contribution in [-0.4, -0.2) is 15.0 Å². The SMILES string of the molecule is CCCCOc1ccc(S(=O)(=O)N[C@H](C)c2ccccc2)cc1. The van der Waals surface area contributed by atoms with Gasteiger partial charge in [-0.1, -0.05) is 43.7 Å². The van der Waals surface area contributed by atoms with E-state index >= 15 is 0 Å². The first kappa shape index (κ1) is 17.5. The van der Waals surface area contributed by atoms with Crippen molar-refractivity contribution in [2.24, 2.45) is 0 Å². The zero-order valence-corrected chi connectivity index (χ0v) is 14.3. The van der Waals surface area contributed by atoms with Crippen molar-refractivity contribution in [3.63, 3.8) is 0 Å². The summed E-state index contributed by atoms with van der Waals surface area (Å²) in [7, 11) is -3.56. The molecule has 0 saturated heterocycles. The van der Waals surface area contributed by atoms with Gasteiger partial charge in [0.2, 0.25) is 10.0 Å². The lowest BCUT2D eigenvalue weighted by molar-refractivity contribution is 0.309. The fourth-order valence-electron chi connectivity index (χ4n) is 2.16. The molecule has 0 aliphatic carbocycles. The molecule has 0 heterocycles. The lowest BCUT2D eigenvalue weighted by atomic mass is 10.1. The highest BCUT2D eigenvalue weighted by atomic mass is 32.2. The number of benzene rings is 2. The van der Waals surface area contributed by atoms with Gasteiger partial charge in [0.1, 0.15) is 5.75 Å². The predicted molar refractivity (Wildman–Crippen MR) is 92.0 cm³/mol. The molecule has 1 N–H and O–H groups in total. The number of rotatable bonds is 8. The third-order valence-electron chi connectivity index (χ3n) is 3.53. The van der Waals surface area contributed by atoms with Crippen molar-refractivity contribution >= 4 is 10.0 Å². The minimum absolute atomic E-state index is 0.239. The summed E-state index contributed by atoms with van der Waals surface area (Å²) in [6.07, 6.45) is 2.05. The van der Waals surface area contributed by atoms with E-state index in [4.69, 9.17) is 4.74 Å². The molecule has 0 unspecified atom stereocenters. The molecule has 0 aliphatic rings. The standard InChI is InChI=1S/C18H23NO3S/c1-3-4-14-22-17-10-12-18(13-11-17)23(20,21)19-15(2)16-8-6-5-7-9-16/h5-13,15,19H,3-4,14H2,1-2H3/t15-/m1/s1. The van der Waals surface area contributed by atoms with Gasteiger partial charge >= 0.3 is 0 Å². The van der Waals surface area contributed by atoms with Crippen LogP contribution in [0.2, 0.25) is 0 Å². The number of hydrogen-bond donors (Lipinski definition) is 1. The Labute approximate surface area is 138 Å². The molecule has 4 nitrogen and oxygen atoms in total. The van der Waals surface area contributed by atoms with Gasteiger partial charge in [-0.2, -0.15) is 0 Å². The van der Waals surface area contributed by atoms with Crippen LogP contribution >= 0.6 is 0 Å². The van der Waals surface area contributed by atoms with E-state index in [1.807, 2.05) is 37.3 Å². The third-order valence-corrected chi connectivity index (χ3v) is 5.09. The molecule has 0 aliphatic heterocycles. The molecule has 0 radical (unpaired) electrons. The fraction of sp³-hybridized carbons (Fsp3) is 0.333. The number of unbranched alkanes of at least 4 members (excludes halogenated alkanes) is 1. The Morgan fingerprint density at radius 2 is 1.70 bits per heavy atom. The summed E-state index contributed by atoms with van der Waals surface area (Å²) in [5.74, 6) is 0.688. The van der Waals surface area contributed by atoms with Gasteiger partial charge in [0.05, 0.1) is 11.5 Å². The van der Waals surface area contributed by atoms with Gasteiger partial charge in [-0.15, -0.1) is 0 Å². The van der Waals surface area contributed by atoms with E-state index in [1.165, 1.54) is 0 Å². The van der Waals surface area contributed by atoms with E-state index in [9.17, 15) is 8.42 Å². The highest BCUT2D eigenvalue weighted by Gasteiger charge is 2.18. The second-order valence-corrected chi connectivity index (χ2v) is 7.14. The van der Waals surface area contributed by atoms with Crippen LogP contribution in [0.4, 0.5) is 0 Å². The maximum absolute atomic E-state index is 12.4. The Hall–Kier alpha value is -1.85. The first-order valence-corrected chi connectivity index (χ1v) is 9.31. The van der Waals surface area contributed by atoms with Crippen LogP contribution in [0.3, 0.4) is 0 Å². The van der Waals surface area contributed by atoms with Gasteiger partial charge in [-0.3, -0.25) is 0 Å². The van der Waals surface area contributed by atoms with Crippen LogP contribution in [0.1, 0.15) is 38.3 Å². The maximum Gasteiger partial charge on any atom is 0.241 e. The molecule has 5 heteroatoms. The fourth-order valence-corrected chi connectivity index (χ4v) is 3.39. The second-order valence-electron chi connectivity index (χ2n) is 5.43. The number of sulfonamides is 1. The highest BCUT2D eigenvalue weighted by Crippen LogP contribution is 2.19. The van der Waals surface area contributed by atoms with Crippen molar-refractivity contribution in [1.82, 2.24) is 4.72 Å². The van der Waals surface area contributed by atoms with Crippen LogP contribution in [0.5, 0.6) is 5.75 Å². The molecular weight excluding hydrogens is 310 g/mol. The Kier molecular flexibility index (Phi) is 6.19. The molecule has 0 aromatic heterocycles. The van der Waals surface area contributed by atoms with Gasteiger partial charge in [0.15, 0.2) is 0 Å². The number of hydrogen-bond acceptors (Lipinski definition) is 3. The summed E-state index contributed by atoms with van der Waals surface area (Å²) in [4.78, 5) is 0.239. The lowest BCUT2D eigenvalue weighted by Gasteiger charge is -2.15. The van der Waals surface area contributed by atoms with E-state index in [0.29, 0.717) is 12.4 Å². The first-order chi connectivity index (χ1) is 11.0. The number of nitrogens with one attached hydrogen (secondary N) is 1. The second kappa shape index (κ2) is 8.13. The first-order valence-electron chi connectivity index (χ1n) is 7.83. The molecule has 2 aromatic rings. The largest absolute Gasteiger partial charge is 0.494 e. The van der Waals surface area contributed by atoms with Gasteiger partial charge in [0, 0.05) is 6.04 Å². The maximum atomic E-state index is 12.4. The zero-order chi connectivity index (χ0) is 16.7. The molecule has 0 amide bonds. The van der Waals surface area contributed by atoms with Gasteiger partial charge in [0.25, 0.3) is 0 Å². The van der Waals surface area contributed by atoms with Crippen LogP contribution in [-0.2, 0) is 10.0 Å². The minimum Gasteiger partial charge on any atom is -0.494 e. The normalized spacial score (nSPS) is 12.8. The highest BCUT2D eigenvalue weighted by molar-refractivity contribution is 7.89. The summed E-state index contributed by atoms with van der Waals surface area (Å²) in [6, 6.07) is 15.7. The van der Waals surface area contributed by atoms with E-state index in [0.717, 1.165) is 18.4 Å². The van der Waals surface area contributed by atoms with Crippen molar-refractivity contribution in [2.45, 2.75) is 37.6 Å². The molecule has 0 bridgehead atoms. The Bertz CT molecular complexity index is 697. The van der Waals surface area contributed by atoms with Crippen LogP contribution in [0, 0.1) is 0 Å². The molecular formula is C18H23NO3S. The average Bonchev–Trinajstić information content (AvgIpc) is 2.56. The van der Waals surface area contributed by atoms with Crippen molar-refractivity contribution in [1.29, 1.82) is 0 Å². The topological polar surface area (TPSA) is 55.4 Å². The third kappa shape index (κ3) is 5.08. The minimum atomic E-state index is -3.56. The van der Waals surface area contributed by atoms with E-state index < -0.39 is 10.0 Å². The molecule has 0 fully saturated rings. The summed E-state index contributed by atoms with van der Waals surface area (Å²) in [5, 5.41) is 0. The van der Waals surface area contributed by atoms with Crippen molar-refractivity contribution < 1.29 is 13.2 Å². The Morgan fingerprint density at radius 1 is 1.04 bits per heavy atom. The van der Waals surface area contributed by atoms with E-state index in [2.05, 4.69) is 11.6 Å². The van der Waals surface area contributed by atoms with Crippen molar-refractivity contribution in [3.05, 3.63) is 60.2 Å². The monoisotopic (exact) mass is 333 g/mol. The summed E-state index contributed by atoms with van der Waals surface area (Å²) >= 11 is 0. The van der Waals surface area contributed by atoms with Gasteiger partial charge in [-0.05, 0) is 43.2 Å². The molecule has 124 valence electrons. The van der Waals surface area contributed by atoms with E-state index in [-0.39, 0.29) is 10.9 Å². The summed E-state index contributed by atoms with van der Waals surface area (Å²) in [5.41, 5.74) is 0.926. The Balaban J connectivity index is 2.04. The van der Waals surface area contributed by atoms with Crippen molar-refractivity contribution in [3.8, 4) is 5.75 Å². The smallest absolute Gasteiger partial charge is 0.241 e.